The summed E-state index contributed by atoms with van der Waals surface area (Å²) in [6.45, 7) is 4.45. The van der Waals surface area contributed by atoms with E-state index in [0.29, 0.717) is 18.1 Å². The third-order valence-electron chi connectivity index (χ3n) is 1.88. The third-order valence-corrected chi connectivity index (χ3v) is 4.96. The largest absolute Gasteiger partial charge is 0.380 e. The molecule has 1 atom stereocenters. The Morgan fingerprint density at radius 2 is 2.29 bits per heavy atom. The van der Waals surface area contributed by atoms with E-state index < -0.39 is 10.0 Å². The highest BCUT2D eigenvalue weighted by Gasteiger charge is 2.19. The average Bonchev–Trinajstić information content (AvgIpc) is 2.75. The molecule has 1 N–H and O–H groups in total. The maximum atomic E-state index is 11.9. The van der Waals surface area contributed by atoms with Gasteiger partial charge in [-0.3, -0.25) is 0 Å². The van der Waals surface area contributed by atoms with Crippen LogP contribution in [0.2, 0.25) is 0 Å². The van der Waals surface area contributed by atoms with Gasteiger partial charge in [0.2, 0.25) is 10.0 Å². The summed E-state index contributed by atoms with van der Waals surface area (Å²) >= 11 is 0.953. The monoisotopic (exact) mass is 274 g/mol. The number of nitrogens with zero attached hydrogens (tertiary/aromatic N) is 1. The van der Waals surface area contributed by atoms with Crippen molar-refractivity contribution in [3.63, 3.8) is 0 Å². The lowest BCUT2D eigenvalue weighted by molar-refractivity contribution is 0.133. The summed E-state index contributed by atoms with van der Waals surface area (Å²) in [5.41, 5.74) is 0. The topological polar surface area (TPSA) is 79.2 Å². The Bertz CT molecular complexity index is 502. The highest BCUT2D eigenvalue weighted by atomic mass is 32.2. The molecule has 0 spiro atoms. The first kappa shape index (κ1) is 14.1. The second-order valence-corrected chi connectivity index (χ2v) is 6.44. The first-order chi connectivity index (χ1) is 7.99. The van der Waals surface area contributed by atoms with Gasteiger partial charge < -0.3 is 4.74 Å². The molecule has 0 fully saturated rings. The van der Waals surface area contributed by atoms with Crippen molar-refractivity contribution >= 4 is 21.4 Å². The fourth-order valence-electron chi connectivity index (χ4n) is 1.18. The van der Waals surface area contributed by atoms with Gasteiger partial charge in [-0.15, -0.1) is 11.3 Å². The van der Waals surface area contributed by atoms with Crippen LogP contribution in [0.1, 0.15) is 18.7 Å². The Hall–Kier alpha value is -0.940. The van der Waals surface area contributed by atoms with E-state index >= 15 is 0 Å². The number of ether oxygens (including phenoxy) is 1. The van der Waals surface area contributed by atoms with Crippen LogP contribution in [0.4, 0.5) is 0 Å². The Kier molecular flexibility index (Phi) is 5.08. The normalized spacial score (nSPS) is 13.2. The molecule has 0 bridgehead atoms. The van der Waals surface area contributed by atoms with E-state index in [0.717, 1.165) is 11.3 Å². The molecule has 94 valence electrons. The molecule has 0 radical (unpaired) electrons. The molecule has 7 heteroatoms. The summed E-state index contributed by atoms with van der Waals surface area (Å²) in [4.78, 5) is 0.378. The number of hydrogen-bond donors (Lipinski definition) is 1. The summed E-state index contributed by atoms with van der Waals surface area (Å²) in [7, 11) is -3.54. The first-order valence-corrected chi connectivity index (χ1v) is 7.39. The average molecular weight is 274 g/mol. The van der Waals surface area contributed by atoms with E-state index in [2.05, 4.69) is 4.72 Å². The van der Waals surface area contributed by atoms with Crippen molar-refractivity contribution < 1.29 is 13.2 Å². The Balaban J connectivity index is 2.72. The summed E-state index contributed by atoms with van der Waals surface area (Å²) in [6, 6.07) is 4.53. The van der Waals surface area contributed by atoms with Crippen LogP contribution in [-0.2, 0) is 14.8 Å². The fraction of sp³-hybridized carbons (Fsp3) is 0.500. The minimum atomic E-state index is -3.54. The van der Waals surface area contributed by atoms with Gasteiger partial charge in [0.15, 0.2) is 0 Å². The first-order valence-electron chi connectivity index (χ1n) is 5.09. The van der Waals surface area contributed by atoms with Crippen molar-refractivity contribution in [2.24, 2.45) is 0 Å². The van der Waals surface area contributed by atoms with E-state index in [-0.39, 0.29) is 10.3 Å². The molecular formula is C10H14N2O3S2. The van der Waals surface area contributed by atoms with Crippen molar-refractivity contribution in [1.29, 1.82) is 5.26 Å². The van der Waals surface area contributed by atoms with Crippen LogP contribution in [0.3, 0.4) is 0 Å². The zero-order valence-electron chi connectivity index (χ0n) is 9.63. The predicted molar refractivity (Wildman–Crippen MR) is 65.3 cm³/mol. The van der Waals surface area contributed by atoms with Crippen LogP contribution < -0.4 is 4.72 Å². The predicted octanol–water partition coefficient (Wildman–Crippen LogP) is 1.32. The number of rotatable bonds is 6. The molecule has 0 saturated carbocycles. The molecule has 0 aliphatic rings. The van der Waals surface area contributed by atoms with Gasteiger partial charge in [-0.2, -0.15) is 5.26 Å². The van der Waals surface area contributed by atoms with E-state index in [1.807, 2.05) is 13.0 Å². The molecule has 1 aromatic heterocycles. The van der Waals surface area contributed by atoms with Gasteiger partial charge in [-0.1, -0.05) is 0 Å². The molecule has 1 unspecified atom stereocenters. The van der Waals surface area contributed by atoms with Crippen molar-refractivity contribution in [1.82, 2.24) is 4.72 Å². The number of sulfonamides is 1. The van der Waals surface area contributed by atoms with Gasteiger partial charge in [0, 0.05) is 12.6 Å². The summed E-state index contributed by atoms with van der Waals surface area (Å²) in [5, 5.41) is 8.64. The minimum Gasteiger partial charge on any atom is -0.380 e. The Morgan fingerprint density at radius 3 is 2.82 bits per heavy atom. The molecule has 1 rings (SSSR count). The van der Waals surface area contributed by atoms with Crippen molar-refractivity contribution in [3.8, 4) is 6.07 Å². The SMILES string of the molecule is CCOCC(C)NS(=O)(=O)c1ccc(C#N)s1. The lowest BCUT2D eigenvalue weighted by Crippen LogP contribution is -2.35. The maximum Gasteiger partial charge on any atom is 0.250 e. The smallest absolute Gasteiger partial charge is 0.250 e. The molecule has 0 aromatic carbocycles. The van der Waals surface area contributed by atoms with Crippen LogP contribution in [0.25, 0.3) is 0 Å². The molecule has 1 heterocycles. The lowest BCUT2D eigenvalue weighted by Gasteiger charge is -2.12. The van der Waals surface area contributed by atoms with Gasteiger partial charge in [-0.05, 0) is 26.0 Å². The lowest BCUT2D eigenvalue weighted by atomic mass is 10.4. The summed E-state index contributed by atoms with van der Waals surface area (Å²) in [6.07, 6.45) is 0. The van der Waals surface area contributed by atoms with E-state index in [1.54, 1.807) is 6.92 Å². The quantitative estimate of drug-likeness (QED) is 0.848. The number of thiophene rings is 1. The van der Waals surface area contributed by atoms with Crippen LogP contribution >= 0.6 is 11.3 Å². The van der Waals surface area contributed by atoms with Crippen molar-refractivity contribution in [2.75, 3.05) is 13.2 Å². The number of hydrogen-bond acceptors (Lipinski definition) is 5. The van der Waals surface area contributed by atoms with Gasteiger partial charge in [-0.25, -0.2) is 13.1 Å². The van der Waals surface area contributed by atoms with Crippen molar-refractivity contribution in [3.05, 3.63) is 17.0 Å². The molecule has 0 aliphatic carbocycles. The molecule has 17 heavy (non-hydrogen) atoms. The van der Waals surface area contributed by atoms with Crippen LogP contribution in [0.5, 0.6) is 0 Å². The second-order valence-electron chi connectivity index (χ2n) is 3.41. The molecule has 1 aromatic rings. The molecule has 0 amide bonds. The molecule has 5 nitrogen and oxygen atoms in total. The Labute approximate surface area is 105 Å². The minimum absolute atomic E-state index is 0.150. The van der Waals surface area contributed by atoms with Crippen LogP contribution in [0, 0.1) is 11.3 Å². The van der Waals surface area contributed by atoms with E-state index in [9.17, 15) is 8.42 Å². The third kappa shape index (κ3) is 4.09. The highest BCUT2D eigenvalue weighted by Crippen LogP contribution is 2.20. The zero-order valence-corrected chi connectivity index (χ0v) is 11.3. The molecule has 0 aliphatic heterocycles. The van der Waals surface area contributed by atoms with Gasteiger partial charge >= 0.3 is 0 Å². The number of nitriles is 1. The second kappa shape index (κ2) is 6.12. The fourth-order valence-corrected chi connectivity index (χ4v) is 3.52. The highest BCUT2D eigenvalue weighted by molar-refractivity contribution is 7.91. The van der Waals surface area contributed by atoms with E-state index in [1.165, 1.54) is 12.1 Å². The van der Waals surface area contributed by atoms with Gasteiger partial charge in [0.1, 0.15) is 15.2 Å². The Morgan fingerprint density at radius 1 is 1.59 bits per heavy atom. The van der Waals surface area contributed by atoms with Gasteiger partial charge in [0.25, 0.3) is 0 Å². The van der Waals surface area contributed by atoms with Crippen LogP contribution in [0.15, 0.2) is 16.3 Å². The maximum absolute atomic E-state index is 11.9. The molecular weight excluding hydrogens is 260 g/mol. The zero-order chi connectivity index (χ0) is 12.9. The van der Waals surface area contributed by atoms with Crippen molar-refractivity contribution in [2.45, 2.75) is 24.1 Å². The molecule has 0 saturated heterocycles. The van der Waals surface area contributed by atoms with Crippen LogP contribution in [-0.4, -0.2) is 27.7 Å². The summed E-state index contributed by atoms with van der Waals surface area (Å²) in [5.74, 6) is 0. The van der Waals surface area contributed by atoms with E-state index in [4.69, 9.17) is 10.00 Å². The summed E-state index contributed by atoms with van der Waals surface area (Å²) < 4.78 is 31.5. The standard InChI is InChI=1S/C10H14N2O3S2/c1-3-15-7-8(2)12-17(13,14)10-5-4-9(6-11)16-10/h4-5,8,12H,3,7H2,1-2H3. The number of nitrogens with one attached hydrogen (secondary N) is 1. The van der Waals surface area contributed by atoms with Gasteiger partial charge in [0.05, 0.1) is 6.61 Å².